The first-order valence-corrected chi connectivity index (χ1v) is 3.17. The van der Waals surface area contributed by atoms with Crippen LogP contribution in [0.5, 0.6) is 5.75 Å². The van der Waals surface area contributed by atoms with E-state index >= 15 is 0 Å². The van der Waals surface area contributed by atoms with Gasteiger partial charge in [0.2, 0.25) is 0 Å². The molecule has 0 aliphatic rings. The molecule has 5 heteroatoms. The van der Waals surface area contributed by atoms with Gasteiger partial charge in [0.25, 0.3) is 6.43 Å². The summed E-state index contributed by atoms with van der Waals surface area (Å²) in [6.45, 7) is -0.829. The Labute approximate surface area is 66.7 Å². The molecule has 1 rings (SSSR count). The second-order valence-corrected chi connectivity index (χ2v) is 2.18. The Hall–Kier alpha value is -1.26. The number of hydrogen-bond acceptors (Lipinski definition) is 2. The van der Waals surface area contributed by atoms with Crippen molar-refractivity contribution in [2.45, 2.75) is 13.1 Å². The maximum Gasteiger partial charge on any atom is 0.284 e. The first-order valence-electron chi connectivity index (χ1n) is 3.17. The molecular formula is C7H6F3NO. The van der Waals surface area contributed by atoms with Crippen LogP contribution >= 0.6 is 0 Å². The first kappa shape index (κ1) is 8.83. The van der Waals surface area contributed by atoms with Crippen LogP contribution in [0.15, 0.2) is 12.3 Å². The average Bonchev–Trinajstić information content (AvgIpc) is 2.03. The Balaban J connectivity index is 3.03. The Bertz CT molecular complexity index is 277. The topological polar surface area (TPSA) is 33.1 Å². The molecule has 1 N–H and O–H groups in total. The predicted octanol–water partition coefficient (Wildman–Crippen LogP) is 2.19. The Kier molecular flexibility index (Phi) is 2.52. The molecular weight excluding hydrogens is 171 g/mol. The van der Waals surface area contributed by atoms with Crippen molar-refractivity contribution in [2.24, 2.45) is 0 Å². The molecule has 1 aromatic rings. The number of aromatic nitrogens is 1. The van der Waals surface area contributed by atoms with Gasteiger partial charge in [-0.1, -0.05) is 0 Å². The monoisotopic (exact) mass is 177 g/mol. The van der Waals surface area contributed by atoms with Gasteiger partial charge in [-0.05, 0) is 6.07 Å². The second kappa shape index (κ2) is 3.42. The Morgan fingerprint density at radius 2 is 2.17 bits per heavy atom. The van der Waals surface area contributed by atoms with Crippen LogP contribution in [0.3, 0.4) is 0 Å². The summed E-state index contributed by atoms with van der Waals surface area (Å²) >= 11 is 0. The number of aromatic hydroxyl groups is 1. The smallest absolute Gasteiger partial charge is 0.284 e. The zero-order valence-electron chi connectivity index (χ0n) is 5.97. The lowest BCUT2D eigenvalue weighted by atomic mass is 10.2. The van der Waals surface area contributed by atoms with E-state index in [-0.39, 0.29) is 5.56 Å². The van der Waals surface area contributed by atoms with Crippen molar-refractivity contribution in [3.63, 3.8) is 0 Å². The lowest BCUT2D eigenvalue weighted by molar-refractivity contribution is 0.141. The Morgan fingerprint density at radius 1 is 1.50 bits per heavy atom. The van der Waals surface area contributed by atoms with Crippen LogP contribution in [-0.2, 0) is 6.67 Å². The van der Waals surface area contributed by atoms with E-state index < -0.39 is 24.5 Å². The molecule has 0 aliphatic carbocycles. The van der Waals surface area contributed by atoms with Crippen molar-refractivity contribution in [3.8, 4) is 5.75 Å². The van der Waals surface area contributed by atoms with Crippen molar-refractivity contribution >= 4 is 0 Å². The summed E-state index contributed by atoms with van der Waals surface area (Å²) in [5.74, 6) is -0.667. The Morgan fingerprint density at radius 3 is 2.58 bits per heavy atom. The molecule has 12 heavy (non-hydrogen) atoms. The minimum absolute atomic E-state index is 0.0805. The molecule has 0 aromatic carbocycles. The van der Waals surface area contributed by atoms with Gasteiger partial charge in [0.15, 0.2) is 0 Å². The van der Waals surface area contributed by atoms with E-state index in [1.54, 1.807) is 0 Å². The quantitative estimate of drug-likeness (QED) is 0.751. The third-order valence-electron chi connectivity index (χ3n) is 1.32. The van der Waals surface area contributed by atoms with E-state index in [1.807, 2.05) is 0 Å². The lowest BCUT2D eigenvalue weighted by Crippen LogP contribution is -1.92. The number of pyridine rings is 1. The van der Waals surface area contributed by atoms with Gasteiger partial charge in [-0.3, -0.25) is 4.98 Å². The third-order valence-corrected chi connectivity index (χ3v) is 1.32. The second-order valence-electron chi connectivity index (χ2n) is 2.18. The van der Waals surface area contributed by atoms with E-state index in [0.29, 0.717) is 0 Å². The fourth-order valence-corrected chi connectivity index (χ4v) is 0.747. The van der Waals surface area contributed by atoms with Crippen molar-refractivity contribution < 1.29 is 18.3 Å². The SMILES string of the molecule is Oc1cc(CF)cnc1C(F)F. The summed E-state index contributed by atoms with van der Waals surface area (Å²) in [4.78, 5) is 3.21. The number of hydrogen-bond donors (Lipinski definition) is 1. The summed E-state index contributed by atoms with van der Waals surface area (Å²) < 4.78 is 35.8. The van der Waals surface area contributed by atoms with Gasteiger partial charge in [0.1, 0.15) is 18.1 Å². The van der Waals surface area contributed by atoms with Gasteiger partial charge in [-0.15, -0.1) is 0 Å². The molecule has 0 radical (unpaired) electrons. The molecule has 0 spiro atoms. The highest BCUT2D eigenvalue weighted by atomic mass is 19.3. The van der Waals surface area contributed by atoms with Gasteiger partial charge >= 0.3 is 0 Å². The summed E-state index contributed by atoms with van der Waals surface area (Å²) in [6, 6.07) is 0.939. The summed E-state index contributed by atoms with van der Waals surface area (Å²) in [7, 11) is 0. The minimum Gasteiger partial charge on any atom is -0.506 e. The van der Waals surface area contributed by atoms with Crippen LogP contribution in [0.1, 0.15) is 17.7 Å². The molecule has 0 bridgehead atoms. The van der Waals surface area contributed by atoms with E-state index in [4.69, 9.17) is 5.11 Å². The standard InChI is InChI=1S/C7H6F3NO/c8-2-4-1-5(12)6(7(9)10)11-3-4/h1,3,7,12H,2H2. The van der Waals surface area contributed by atoms with Gasteiger partial charge in [-0.2, -0.15) is 0 Å². The number of nitrogens with zero attached hydrogens (tertiary/aromatic N) is 1. The summed E-state index contributed by atoms with van der Waals surface area (Å²) in [5, 5.41) is 8.88. The zero-order chi connectivity index (χ0) is 9.14. The van der Waals surface area contributed by atoms with E-state index in [2.05, 4.69) is 4.98 Å². The van der Waals surface area contributed by atoms with Crippen molar-refractivity contribution in [3.05, 3.63) is 23.5 Å². The third kappa shape index (κ3) is 1.66. The first-order chi connectivity index (χ1) is 5.65. The average molecular weight is 177 g/mol. The molecule has 1 heterocycles. The molecule has 0 aliphatic heterocycles. The number of rotatable bonds is 2. The van der Waals surface area contributed by atoms with Crippen molar-refractivity contribution in [2.75, 3.05) is 0 Å². The molecule has 0 unspecified atom stereocenters. The minimum atomic E-state index is -2.83. The van der Waals surface area contributed by atoms with Crippen LogP contribution < -0.4 is 0 Å². The van der Waals surface area contributed by atoms with Crippen molar-refractivity contribution in [1.82, 2.24) is 4.98 Å². The summed E-state index contributed by atoms with van der Waals surface area (Å²) in [6.07, 6.45) is -1.86. The van der Waals surface area contributed by atoms with Crippen LogP contribution in [0.4, 0.5) is 13.2 Å². The van der Waals surface area contributed by atoms with Crippen LogP contribution in [-0.4, -0.2) is 10.1 Å². The maximum atomic E-state index is 11.9. The predicted molar refractivity (Wildman–Crippen MR) is 35.7 cm³/mol. The fourth-order valence-electron chi connectivity index (χ4n) is 0.747. The van der Waals surface area contributed by atoms with E-state index in [1.165, 1.54) is 0 Å². The van der Waals surface area contributed by atoms with Gasteiger partial charge in [0.05, 0.1) is 0 Å². The fraction of sp³-hybridized carbons (Fsp3) is 0.286. The van der Waals surface area contributed by atoms with Crippen LogP contribution in [0.2, 0.25) is 0 Å². The molecule has 0 saturated heterocycles. The number of halogens is 3. The van der Waals surface area contributed by atoms with Crippen LogP contribution in [0, 0.1) is 0 Å². The molecule has 0 atom stereocenters. The molecule has 0 fully saturated rings. The normalized spacial score (nSPS) is 10.7. The molecule has 2 nitrogen and oxygen atoms in total. The van der Waals surface area contributed by atoms with E-state index in [9.17, 15) is 13.2 Å². The highest BCUT2D eigenvalue weighted by Gasteiger charge is 2.14. The highest BCUT2D eigenvalue weighted by Crippen LogP contribution is 2.26. The highest BCUT2D eigenvalue weighted by molar-refractivity contribution is 5.30. The molecule has 0 amide bonds. The lowest BCUT2D eigenvalue weighted by Gasteiger charge is -2.02. The van der Waals surface area contributed by atoms with Crippen LogP contribution in [0.25, 0.3) is 0 Å². The van der Waals surface area contributed by atoms with E-state index in [0.717, 1.165) is 12.3 Å². The van der Waals surface area contributed by atoms with Gasteiger partial charge in [-0.25, -0.2) is 13.2 Å². The zero-order valence-corrected chi connectivity index (χ0v) is 5.97. The maximum absolute atomic E-state index is 11.9. The van der Waals surface area contributed by atoms with Crippen molar-refractivity contribution in [1.29, 1.82) is 0 Å². The molecule has 1 aromatic heterocycles. The number of alkyl halides is 3. The van der Waals surface area contributed by atoms with Gasteiger partial charge in [0, 0.05) is 11.8 Å². The summed E-state index contributed by atoms with van der Waals surface area (Å²) in [5.41, 5.74) is -0.635. The van der Waals surface area contributed by atoms with Gasteiger partial charge < -0.3 is 5.11 Å². The molecule has 0 saturated carbocycles. The molecule has 66 valence electrons. The largest absolute Gasteiger partial charge is 0.506 e.